The van der Waals surface area contributed by atoms with Gasteiger partial charge in [-0.05, 0) is 86.2 Å². The first-order chi connectivity index (χ1) is 15.3. The van der Waals surface area contributed by atoms with E-state index < -0.39 is 0 Å². The second kappa shape index (κ2) is 9.07. The molecule has 1 aliphatic heterocycles. The number of nitrogens with zero attached hydrogens (tertiary/aromatic N) is 1. The summed E-state index contributed by atoms with van der Waals surface area (Å²) in [7, 11) is 0. The van der Waals surface area contributed by atoms with Crippen molar-refractivity contribution in [2.24, 2.45) is 5.92 Å². The van der Waals surface area contributed by atoms with Crippen molar-refractivity contribution in [1.82, 2.24) is 4.90 Å². The van der Waals surface area contributed by atoms with Crippen molar-refractivity contribution in [2.75, 3.05) is 19.6 Å². The molecular weight excluding hydrogens is 382 g/mol. The summed E-state index contributed by atoms with van der Waals surface area (Å²) >= 11 is 0. The number of fused-ring (bicyclic) bond motifs is 1. The molecule has 5 rings (SSSR count). The molecule has 2 aliphatic carbocycles. The molecular formula is C28H29NO2. The quantitative estimate of drug-likeness (QED) is 0.604. The van der Waals surface area contributed by atoms with Crippen LogP contribution in [-0.2, 0) is 0 Å². The predicted molar refractivity (Wildman–Crippen MR) is 125 cm³/mol. The molecule has 1 heterocycles. The minimum Gasteiger partial charge on any atom is -0.458 e. The molecule has 0 radical (unpaired) electrons. The highest BCUT2D eigenvalue weighted by atomic mass is 16.5. The van der Waals surface area contributed by atoms with Crippen LogP contribution in [-0.4, -0.2) is 30.3 Å². The van der Waals surface area contributed by atoms with Crippen molar-refractivity contribution >= 4 is 11.9 Å². The number of hydrogen-bond acceptors (Lipinski definition) is 3. The van der Waals surface area contributed by atoms with Gasteiger partial charge in [-0.3, -0.25) is 4.79 Å². The number of ketones is 1. The van der Waals surface area contributed by atoms with Gasteiger partial charge in [0.25, 0.3) is 0 Å². The van der Waals surface area contributed by atoms with E-state index in [-0.39, 0.29) is 11.7 Å². The Hall–Kier alpha value is -2.91. The van der Waals surface area contributed by atoms with E-state index in [2.05, 4.69) is 59.5 Å². The standard InChI is InChI=1S/C28H29NO2/c30-28-24(20-29-17-15-22(16-18-29)21-7-3-1-4-8-21)12-11-23-19-26(13-14-27(23)28)31-25-9-5-2-6-10-25/h1,3-5,7-14,19,22,24H,2,6,15-18,20H2. The monoisotopic (exact) mass is 411 g/mol. The van der Waals surface area contributed by atoms with Gasteiger partial charge in [0.05, 0.1) is 5.92 Å². The molecule has 158 valence electrons. The van der Waals surface area contributed by atoms with E-state index >= 15 is 0 Å². The second-order valence-electron chi connectivity index (χ2n) is 8.75. The molecule has 3 heteroatoms. The van der Waals surface area contributed by atoms with E-state index in [1.807, 2.05) is 24.3 Å². The van der Waals surface area contributed by atoms with E-state index in [0.717, 1.165) is 68.0 Å². The molecule has 2 aromatic rings. The lowest BCUT2D eigenvalue weighted by molar-refractivity contribution is 0.0900. The smallest absolute Gasteiger partial charge is 0.171 e. The highest BCUT2D eigenvalue weighted by molar-refractivity contribution is 6.04. The number of piperidine rings is 1. The highest BCUT2D eigenvalue weighted by Crippen LogP contribution is 2.31. The number of rotatable bonds is 5. The fourth-order valence-electron chi connectivity index (χ4n) is 4.87. The Morgan fingerprint density at radius 1 is 0.968 bits per heavy atom. The van der Waals surface area contributed by atoms with Crippen molar-refractivity contribution < 1.29 is 9.53 Å². The first-order valence-corrected chi connectivity index (χ1v) is 11.4. The van der Waals surface area contributed by atoms with Gasteiger partial charge in [-0.2, -0.15) is 0 Å². The summed E-state index contributed by atoms with van der Waals surface area (Å²) in [4.78, 5) is 15.6. The number of carbonyl (C=O) groups is 1. The van der Waals surface area contributed by atoms with Crippen LogP contribution in [0.1, 0.15) is 53.1 Å². The summed E-state index contributed by atoms with van der Waals surface area (Å²) in [6.45, 7) is 2.92. The van der Waals surface area contributed by atoms with Gasteiger partial charge >= 0.3 is 0 Å². The zero-order valence-corrected chi connectivity index (χ0v) is 17.9. The number of carbonyl (C=O) groups excluding carboxylic acids is 1. The fraction of sp³-hybridized carbons (Fsp3) is 0.321. The summed E-state index contributed by atoms with van der Waals surface area (Å²) in [5, 5.41) is 0. The number of likely N-dealkylation sites (tertiary alicyclic amines) is 1. The SMILES string of the molecule is O=C1c2ccc(OC3=CCCC=C3)cc2C=CC1CN1CCC(c2ccccc2)CC1. The van der Waals surface area contributed by atoms with Crippen LogP contribution < -0.4 is 4.74 Å². The molecule has 1 atom stereocenters. The minimum absolute atomic E-state index is 0.0588. The number of hydrogen-bond donors (Lipinski definition) is 0. The molecule has 1 saturated heterocycles. The van der Waals surface area contributed by atoms with E-state index in [1.165, 1.54) is 5.56 Å². The van der Waals surface area contributed by atoms with Gasteiger partial charge in [-0.1, -0.05) is 48.6 Å². The number of Topliss-reactive ketones (excluding diaryl/α,β-unsaturated/α-hetero) is 1. The van der Waals surface area contributed by atoms with E-state index in [9.17, 15) is 4.79 Å². The van der Waals surface area contributed by atoms with Crippen LogP contribution >= 0.6 is 0 Å². The van der Waals surface area contributed by atoms with Crippen LogP contribution in [0.15, 0.2) is 78.6 Å². The molecule has 31 heavy (non-hydrogen) atoms. The van der Waals surface area contributed by atoms with Crippen LogP contribution in [0, 0.1) is 5.92 Å². The zero-order chi connectivity index (χ0) is 21.0. The van der Waals surface area contributed by atoms with Gasteiger partial charge in [-0.15, -0.1) is 0 Å². The molecule has 0 saturated carbocycles. The molecule has 2 aromatic carbocycles. The summed E-state index contributed by atoms with van der Waals surface area (Å²) in [5.74, 6) is 2.48. The van der Waals surface area contributed by atoms with E-state index in [0.29, 0.717) is 5.92 Å². The van der Waals surface area contributed by atoms with E-state index in [1.54, 1.807) is 0 Å². The molecule has 1 fully saturated rings. The van der Waals surface area contributed by atoms with Crippen molar-refractivity contribution in [3.05, 3.63) is 95.3 Å². The van der Waals surface area contributed by atoms with Crippen LogP contribution in [0.25, 0.3) is 6.08 Å². The maximum absolute atomic E-state index is 13.1. The van der Waals surface area contributed by atoms with Gasteiger partial charge in [0, 0.05) is 12.1 Å². The third kappa shape index (κ3) is 4.57. The minimum atomic E-state index is -0.0588. The molecule has 0 amide bonds. The van der Waals surface area contributed by atoms with Gasteiger partial charge in [0.2, 0.25) is 0 Å². The number of ether oxygens (including phenoxy) is 1. The van der Waals surface area contributed by atoms with Crippen molar-refractivity contribution in [3.63, 3.8) is 0 Å². The van der Waals surface area contributed by atoms with Crippen LogP contribution in [0.4, 0.5) is 0 Å². The lowest BCUT2D eigenvalue weighted by atomic mass is 9.86. The van der Waals surface area contributed by atoms with Gasteiger partial charge in [0.15, 0.2) is 5.78 Å². The number of allylic oxidation sites excluding steroid dienone is 3. The molecule has 1 unspecified atom stereocenters. The van der Waals surface area contributed by atoms with Crippen molar-refractivity contribution in [1.29, 1.82) is 0 Å². The summed E-state index contributed by atoms with van der Waals surface area (Å²) in [6.07, 6.45) is 14.8. The Morgan fingerprint density at radius 2 is 1.81 bits per heavy atom. The Balaban J connectivity index is 1.20. The molecule has 0 N–H and O–H groups in total. The van der Waals surface area contributed by atoms with Crippen molar-refractivity contribution in [3.8, 4) is 5.75 Å². The van der Waals surface area contributed by atoms with Gasteiger partial charge in [-0.25, -0.2) is 0 Å². The van der Waals surface area contributed by atoms with Gasteiger partial charge < -0.3 is 9.64 Å². The molecule has 3 nitrogen and oxygen atoms in total. The highest BCUT2D eigenvalue weighted by Gasteiger charge is 2.28. The molecule has 0 aromatic heterocycles. The maximum Gasteiger partial charge on any atom is 0.171 e. The summed E-state index contributed by atoms with van der Waals surface area (Å²) in [6, 6.07) is 16.6. The Morgan fingerprint density at radius 3 is 2.58 bits per heavy atom. The summed E-state index contributed by atoms with van der Waals surface area (Å²) in [5.41, 5.74) is 3.22. The lowest BCUT2D eigenvalue weighted by Crippen LogP contribution is -2.38. The Kier molecular flexibility index (Phi) is 5.86. The van der Waals surface area contributed by atoms with Gasteiger partial charge in [0.1, 0.15) is 11.5 Å². The molecule has 3 aliphatic rings. The second-order valence-corrected chi connectivity index (χ2v) is 8.75. The maximum atomic E-state index is 13.1. The zero-order valence-electron chi connectivity index (χ0n) is 17.9. The first-order valence-electron chi connectivity index (χ1n) is 11.4. The first kappa shape index (κ1) is 20.0. The average molecular weight is 412 g/mol. The Labute approximate surface area is 184 Å². The van der Waals surface area contributed by atoms with Crippen LogP contribution in [0.3, 0.4) is 0 Å². The average Bonchev–Trinajstić information content (AvgIpc) is 2.83. The lowest BCUT2D eigenvalue weighted by Gasteiger charge is -2.34. The largest absolute Gasteiger partial charge is 0.458 e. The third-order valence-corrected chi connectivity index (χ3v) is 6.64. The molecule has 0 spiro atoms. The fourth-order valence-corrected chi connectivity index (χ4v) is 4.87. The topological polar surface area (TPSA) is 29.5 Å². The third-order valence-electron chi connectivity index (χ3n) is 6.64. The van der Waals surface area contributed by atoms with Crippen LogP contribution in [0.5, 0.6) is 5.75 Å². The van der Waals surface area contributed by atoms with Crippen LogP contribution in [0.2, 0.25) is 0 Å². The number of benzene rings is 2. The van der Waals surface area contributed by atoms with E-state index in [4.69, 9.17) is 4.74 Å². The predicted octanol–water partition coefficient (Wildman–Crippen LogP) is 6.00. The Bertz CT molecular complexity index is 1030. The van der Waals surface area contributed by atoms with Crippen molar-refractivity contribution in [2.45, 2.75) is 31.6 Å². The molecule has 0 bridgehead atoms. The summed E-state index contributed by atoms with van der Waals surface area (Å²) < 4.78 is 5.97. The normalized spacial score (nSPS) is 21.6.